The summed E-state index contributed by atoms with van der Waals surface area (Å²) in [6, 6.07) is 7.00. The maximum absolute atomic E-state index is 9.23. The van der Waals surface area contributed by atoms with E-state index in [2.05, 4.69) is 18.9 Å². The van der Waals surface area contributed by atoms with Crippen LogP contribution in [-0.4, -0.2) is 36.2 Å². The van der Waals surface area contributed by atoms with E-state index in [0.717, 1.165) is 25.3 Å². The zero-order valence-corrected chi connectivity index (χ0v) is 10.6. The number of aromatic hydroxyl groups is 1. The molecule has 2 unspecified atom stereocenters. The van der Waals surface area contributed by atoms with Crippen LogP contribution in [0.25, 0.3) is 0 Å². The molecule has 94 valence electrons. The summed E-state index contributed by atoms with van der Waals surface area (Å²) in [4.78, 5) is 2.37. The molecule has 3 heteroatoms. The highest BCUT2D eigenvalue weighted by Gasteiger charge is 2.23. The van der Waals surface area contributed by atoms with Gasteiger partial charge in [0.2, 0.25) is 0 Å². The van der Waals surface area contributed by atoms with Gasteiger partial charge < -0.3 is 14.7 Å². The molecule has 3 nitrogen and oxygen atoms in total. The SMILES string of the molecule is CC1CN(C)CCCC1Oc1ccc(O)cc1. The Morgan fingerprint density at radius 1 is 1.29 bits per heavy atom. The van der Waals surface area contributed by atoms with Gasteiger partial charge in [-0.3, -0.25) is 0 Å². The quantitative estimate of drug-likeness (QED) is 0.855. The molecule has 1 aromatic carbocycles. The summed E-state index contributed by atoms with van der Waals surface area (Å²) >= 11 is 0. The molecular weight excluding hydrogens is 214 g/mol. The molecule has 0 amide bonds. The van der Waals surface area contributed by atoms with Gasteiger partial charge in [-0.25, -0.2) is 0 Å². The van der Waals surface area contributed by atoms with Crippen molar-refractivity contribution in [3.63, 3.8) is 0 Å². The standard InChI is InChI=1S/C14H21NO2/c1-11-10-15(2)9-3-4-14(11)17-13-7-5-12(16)6-8-13/h5-8,11,14,16H,3-4,9-10H2,1-2H3. The molecule has 1 heterocycles. The van der Waals surface area contributed by atoms with Crippen LogP contribution in [0.3, 0.4) is 0 Å². The Labute approximate surface area is 103 Å². The largest absolute Gasteiger partial charge is 0.508 e. The lowest BCUT2D eigenvalue weighted by Gasteiger charge is -2.24. The molecule has 1 aliphatic rings. The molecule has 0 bridgehead atoms. The topological polar surface area (TPSA) is 32.7 Å². The summed E-state index contributed by atoms with van der Waals surface area (Å²) in [5.41, 5.74) is 0. The first kappa shape index (κ1) is 12.2. The van der Waals surface area contributed by atoms with Gasteiger partial charge in [0.15, 0.2) is 0 Å². The van der Waals surface area contributed by atoms with Crippen molar-refractivity contribution in [1.82, 2.24) is 4.90 Å². The molecule has 2 atom stereocenters. The zero-order valence-electron chi connectivity index (χ0n) is 10.6. The van der Waals surface area contributed by atoms with Crippen LogP contribution < -0.4 is 4.74 Å². The fraction of sp³-hybridized carbons (Fsp3) is 0.571. The molecule has 1 aromatic rings. The van der Waals surface area contributed by atoms with E-state index in [1.54, 1.807) is 12.1 Å². The average Bonchev–Trinajstić information content (AvgIpc) is 2.44. The molecule has 1 saturated heterocycles. The van der Waals surface area contributed by atoms with E-state index in [0.29, 0.717) is 5.92 Å². The van der Waals surface area contributed by atoms with Crippen LogP contribution in [0.4, 0.5) is 0 Å². The Morgan fingerprint density at radius 2 is 2.00 bits per heavy atom. The third-order valence-electron chi connectivity index (χ3n) is 3.39. The maximum Gasteiger partial charge on any atom is 0.120 e. The van der Waals surface area contributed by atoms with E-state index in [9.17, 15) is 5.11 Å². The normalized spacial score (nSPS) is 26.5. The molecule has 0 aliphatic carbocycles. The van der Waals surface area contributed by atoms with Gasteiger partial charge in [0, 0.05) is 12.5 Å². The minimum Gasteiger partial charge on any atom is -0.508 e. The molecule has 0 saturated carbocycles. The zero-order chi connectivity index (χ0) is 12.3. The van der Waals surface area contributed by atoms with Gasteiger partial charge >= 0.3 is 0 Å². The van der Waals surface area contributed by atoms with Crippen LogP contribution >= 0.6 is 0 Å². The summed E-state index contributed by atoms with van der Waals surface area (Å²) in [6.07, 6.45) is 2.57. The molecule has 1 N–H and O–H groups in total. The Kier molecular flexibility index (Phi) is 3.89. The predicted octanol–water partition coefficient (Wildman–Crippen LogP) is 2.50. The van der Waals surface area contributed by atoms with Gasteiger partial charge in [-0.15, -0.1) is 0 Å². The highest BCUT2D eigenvalue weighted by Crippen LogP contribution is 2.23. The molecule has 1 fully saturated rings. The number of nitrogens with zero attached hydrogens (tertiary/aromatic N) is 1. The number of likely N-dealkylation sites (tertiary alicyclic amines) is 1. The van der Waals surface area contributed by atoms with Crippen LogP contribution in [0.2, 0.25) is 0 Å². The molecule has 1 aliphatic heterocycles. The average molecular weight is 235 g/mol. The Balaban J connectivity index is 1.99. The number of hydrogen-bond acceptors (Lipinski definition) is 3. The van der Waals surface area contributed by atoms with Crippen LogP contribution in [-0.2, 0) is 0 Å². The minimum absolute atomic E-state index is 0.282. The summed E-state index contributed by atoms with van der Waals surface area (Å²) in [6.45, 7) is 4.48. The van der Waals surface area contributed by atoms with Crippen LogP contribution in [0.1, 0.15) is 19.8 Å². The lowest BCUT2D eigenvalue weighted by molar-refractivity contribution is 0.131. The lowest BCUT2D eigenvalue weighted by Crippen LogP contribution is -2.30. The number of phenols is 1. The Hall–Kier alpha value is -1.22. The van der Waals surface area contributed by atoms with Gasteiger partial charge in [-0.1, -0.05) is 6.92 Å². The second-order valence-electron chi connectivity index (χ2n) is 5.03. The van der Waals surface area contributed by atoms with Gasteiger partial charge in [-0.2, -0.15) is 0 Å². The molecular formula is C14H21NO2. The second kappa shape index (κ2) is 5.41. The lowest BCUT2D eigenvalue weighted by atomic mass is 10.0. The van der Waals surface area contributed by atoms with Gasteiger partial charge in [0.05, 0.1) is 0 Å². The maximum atomic E-state index is 9.23. The van der Waals surface area contributed by atoms with E-state index < -0.39 is 0 Å². The number of ether oxygens (including phenoxy) is 1. The number of rotatable bonds is 2. The van der Waals surface area contributed by atoms with E-state index in [1.807, 2.05) is 12.1 Å². The molecule has 0 spiro atoms. The monoisotopic (exact) mass is 235 g/mol. The van der Waals surface area contributed by atoms with E-state index in [4.69, 9.17) is 4.74 Å². The van der Waals surface area contributed by atoms with Gasteiger partial charge in [0.1, 0.15) is 17.6 Å². The summed E-state index contributed by atoms with van der Waals surface area (Å²) in [5, 5.41) is 9.23. The number of phenolic OH excluding ortho intramolecular Hbond substituents is 1. The van der Waals surface area contributed by atoms with E-state index in [-0.39, 0.29) is 11.9 Å². The molecule has 0 radical (unpaired) electrons. The first-order valence-electron chi connectivity index (χ1n) is 6.29. The minimum atomic E-state index is 0.282. The summed E-state index contributed by atoms with van der Waals surface area (Å²) in [5.74, 6) is 1.67. The van der Waals surface area contributed by atoms with E-state index in [1.165, 1.54) is 6.42 Å². The van der Waals surface area contributed by atoms with Crippen molar-refractivity contribution in [3.05, 3.63) is 24.3 Å². The third-order valence-corrected chi connectivity index (χ3v) is 3.39. The van der Waals surface area contributed by atoms with E-state index >= 15 is 0 Å². The Bertz CT molecular complexity index is 350. The van der Waals surface area contributed by atoms with Gasteiger partial charge in [-0.05, 0) is 50.7 Å². The van der Waals surface area contributed by atoms with Crippen molar-refractivity contribution in [2.75, 3.05) is 20.1 Å². The van der Waals surface area contributed by atoms with Crippen molar-refractivity contribution >= 4 is 0 Å². The first-order chi connectivity index (χ1) is 8.15. The smallest absolute Gasteiger partial charge is 0.120 e. The fourth-order valence-corrected chi connectivity index (χ4v) is 2.42. The van der Waals surface area contributed by atoms with Crippen molar-refractivity contribution in [2.45, 2.75) is 25.9 Å². The fourth-order valence-electron chi connectivity index (χ4n) is 2.42. The van der Waals surface area contributed by atoms with Crippen LogP contribution in [0.15, 0.2) is 24.3 Å². The highest BCUT2D eigenvalue weighted by atomic mass is 16.5. The molecule has 17 heavy (non-hydrogen) atoms. The van der Waals surface area contributed by atoms with Crippen molar-refractivity contribution < 1.29 is 9.84 Å². The second-order valence-corrected chi connectivity index (χ2v) is 5.03. The van der Waals surface area contributed by atoms with Crippen molar-refractivity contribution in [2.24, 2.45) is 5.92 Å². The van der Waals surface area contributed by atoms with Crippen LogP contribution in [0.5, 0.6) is 11.5 Å². The molecule has 0 aromatic heterocycles. The molecule has 2 rings (SSSR count). The Morgan fingerprint density at radius 3 is 2.71 bits per heavy atom. The summed E-state index contributed by atoms with van der Waals surface area (Å²) in [7, 11) is 2.17. The van der Waals surface area contributed by atoms with Crippen LogP contribution in [0, 0.1) is 5.92 Å². The summed E-state index contributed by atoms with van der Waals surface area (Å²) < 4.78 is 6.01. The van der Waals surface area contributed by atoms with Crippen molar-refractivity contribution in [3.8, 4) is 11.5 Å². The highest BCUT2D eigenvalue weighted by molar-refractivity contribution is 5.30. The third kappa shape index (κ3) is 3.37. The van der Waals surface area contributed by atoms with Crippen molar-refractivity contribution in [1.29, 1.82) is 0 Å². The number of hydrogen-bond donors (Lipinski definition) is 1. The predicted molar refractivity (Wildman–Crippen MR) is 68.4 cm³/mol. The number of benzene rings is 1. The first-order valence-corrected chi connectivity index (χ1v) is 6.29. The van der Waals surface area contributed by atoms with Gasteiger partial charge in [0.25, 0.3) is 0 Å².